The van der Waals surface area contributed by atoms with E-state index < -0.39 is 5.97 Å². The van der Waals surface area contributed by atoms with Gasteiger partial charge in [0.05, 0.1) is 18.7 Å². The molecule has 58 valence electrons. The molecule has 0 atom stereocenters. The molecule has 0 aromatic carbocycles. The Bertz CT molecular complexity index is 121. The lowest BCUT2D eigenvalue weighted by atomic mass is 10.8. The zero-order valence-electron chi connectivity index (χ0n) is 5.43. The highest BCUT2D eigenvalue weighted by molar-refractivity contribution is 8.14. The Kier molecular flexibility index (Phi) is 5.43. The topological polar surface area (TPSA) is 43.4 Å². The quantitative estimate of drug-likeness (QED) is 0.475. The average molecular weight is 183 g/mol. The van der Waals surface area contributed by atoms with E-state index in [2.05, 4.69) is 4.74 Å². The van der Waals surface area contributed by atoms with E-state index in [-0.39, 0.29) is 16.7 Å². The Balaban J connectivity index is 3.35. The highest BCUT2D eigenvalue weighted by atomic mass is 35.5. The molecule has 0 aliphatic rings. The van der Waals surface area contributed by atoms with Crippen LogP contribution in [0.1, 0.15) is 0 Å². The van der Waals surface area contributed by atoms with Crippen molar-refractivity contribution >= 4 is 34.4 Å². The maximum atomic E-state index is 10.5. The molecule has 0 saturated carbocycles. The molecule has 0 amide bonds. The Morgan fingerprint density at radius 2 is 2.20 bits per heavy atom. The average Bonchev–Trinajstić information content (AvgIpc) is 1.99. The Morgan fingerprint density at radius 3 is 2.60 bits per heavy atom. The number of ether oxygens (including phenoxy) is 1. The molecule has 0 bridgehead atoms. The summed E-state index contributed by atoms with van der Waals surface area (Å²) in [6.07, 6.45) is 0. The largest absolute Gasteiger partial charge is 0.468 e. The number of hydrogen-bond acceptors (Lipinski definition) is 4. The van der Waals surface area contributed by atoms with Crippen LogP contribution in [0.5, 0.6) is 0 Å². The van der Waals surface area contributed by atoms with Crippen molar-refractivity contribution in [2.24, 2.45) is 0 Å². The summed E-state index contributed by atoms with van der Waals surface area (Å²) in [5.74, 6) is -0.438. The second kappa shape index (κ2) is 5.56. The second-order valence-corrected chi connectivity index (χ2v) is 2.67. The Labute approximate surface area is 68.1 Å². The number of carbonyl (C=O) groups is 2. The zero-order chi connectivity index (χ0) is 7.98. The lowest BCUT2D eigenvalue weighted by molar-refractivity contribution is -0.137. The highest BCUT2D eigenvalue weighted by Crippen LogP contribution is 2.02. The van der Waals surface area contributed by atoms with E-state index >= 15 is 0 Å². The molecule has 0 saturated heterocycles. The van der Waals surface area contributed by atoms with Crippen LogP contribution in [-0.2, 0) is 14.3 Å². The van der Waals surface area contributed by atoms with Gasteiger partial charge >= 0.3 is 5.97 Å². The number of rotatable bonds is 3. The van der Waals surface area contributed by atoms with Gasteiger partial charge in [-0.3, -0.25) is 9.59 Å². The third-order valence-corrected chi connectivity index (χ3v) is 1.94. The normalized spacial score (nSPS) is 9.00. The first-order valence-electron chi connectivity index (χ1n) is 2.49. The molecule has 0 radical (unpaired) electrons. The summed E-state index contributed by atoms with van der Waals surface area (Å²) in [5.41, 5.74) is 0. The molecular formula is C5H7ClO3S. The maximum absolute atomic E-state index is 10.5. The molecule has 0 N–H and O–H groups in total. The van der Waals surface area contributed by atoms with Crippen molar-refractivity contribution in [3.63, 3.8) is 0 Å². The van der Waals surface area contributed by atoms with Crippen molar-refractivity contribution < 1.29 is 14.3 Å². The molecule has 0 aromatic rings. The van der Waals surface area contributed by atoms with Crippen LogP contribution in [0.15, 0.2) is 0 Å². The molecular weight excluding hydrogens is 176 g/mol. The summed E-state index contributed by atoms with van der Waals surface area (Å²) in [6, 6.07) is 0. The van der Waals surface area contributed by atoms with E-state index in [9.17, 15) is 9.59 Å². The summed E-state index contributed by atoms with van der Waals surface area (Å²) >= 11 is 6.02. The van der Waals surface area contributed by atoms with Crippen molar-refractivity contribution in [1.82, 2.24) is 0 Å². The minimum atomic E-state index is -0.413. The number of methoxy groups -OCH3 is 1. The molecule has 0 fully saturated rings. The number of esters is 1. The fraction of sp³-hybridized carbons (Fsp3) is 0.600. The Hall–Kier alpha value is -0.220. The minimum Gasteiger partial charge on any atom is -0.468 e. The van der Waals surface area contributed by atoms with Crippen LogP contribution in [-0.4, -0.2) is 29.8 Å². The molecule has 10 heavy (non-hydrogen) atoms. The van der Waals surface area contributed by atoms with Crippen LogP contribution in [0.25, 0.3) is 0 Å². The highest BCUT2D eigenvalue weighted by Gasteiger charge is 2.04. The summed E-state index contributed by atoms with van der Waals surface area (Å²) in [6.45, 7) is 0. The van der Waals surface area contributed by atoms with Gasteiger partial charge in [-0.05, 0) is 0 Å². The van der Waals surface area contributed by atoms with Gasteiger partial charge in [0.25, 0.3) is 0 Å². The number of alkyl halides is 1. The summed E-state index contributed by atoms with van der Waals surface area (Å²) in [5, 5.41) is -0.216. The molecule has 5 heteroatoms. The van der Waals surface area contributed by atoms with Gasteiger partial charge < -0.3 is 4.74 Å². The van der Waals surface area contributed by atoms with E-state index in [4.69, 9.17) is 11.6 Å². The number of halogens is 1. The van der Waals surface area contributed by atoms with Gasteiger partial charge in [0.15, 0.2) is 0 Å². The van der Waals surface area contributed by atoms with Gasteiger partial charge in [0.2, 0.25) is 5.12 Å². The lowest BCUT2D eigenvalue weighted by Crippen LogP contribution is -2.06. The van der Waals surface area contributed by atoms with Crippen LogP contribution in [0, 0.1) is 0 Å². The van der Waals surface area contributed by atoms with Gasteiger partial charge in [-0.15, -0.1) is 11.6 Å². The molecule has 0 aromatic heterocycles. The number of carbonyl (C=O) groups excluding carboxylic acids is 2. The third-order valence-electron chi connectivity index (χ3n) is 0.688. The molecule has 3 nitrogen and oxygen atoms in total. The van der Waals surface area contributed by atoms with Crippen LogP contribution >= 0.6 is 23.4 Å². The van der Waals surface area contributed by atoms with Gasteiger partial charge in [-0.2, -0.15) is 0 Å². The van der Waals surface area contributed by atoms with E-state index in [1.807, 2.05) is 0 Å². The second-order valence-electron chi connectivity index (χ2n) is 1.37. The molecule has 0 spiro atoms. The fourth-order valence-corrected chi connectivity index (χ4v) is 0.942. The molecule has 0 heterocycles. The zero-order valence-corrected chi connectivity index (χ0v) is 7.00. The van der Waals surface area contributed by atoms with E-state index in [1.165, 1.54) is 7.11 Å². The van der Waals surface area contributed by atoms with Crippen molar-refractivity contribution in [1.29, 1.82) is 0 Å². The van der Waals surface area contributed by atoms with Gasteiger partial charge in [-0.1, -0.05) is 11.8 Å². The van der Waals surface area contributed by atoms with E-state index in [0.717, 1.165) is 11.8 Å². The molecule has 0 unspecified atom stereocenters. The number of thioether (sulfide) groups is 1. The van der Waals surface area contributed by atoms with Crippen molar-refractivity contribution in [2.45, 2.75) is 0 Å². The van der Waals surface area contributed by atoms with Crippen LogP contribution in [0.3, 0.4) is 0 Å². The van der Waals surface area contributed by atoms with Crippen LogP contribution < -0.4 is 0 Å². The van der Waals surface area contributed by atoms with E-state index in [1.54, 1.807) is 0 Å². The summed E-state index contributed by atoms with van der Waals surface area (Å²) in [7, 11) is 1.27. The molecule has 0 aliphatic carbocycles. The molecule has 0 aliphatic heterocycles. The monoisotopic (exact) mass is 182 g/mol. The predicted molar refractivity (Wildman–Crippen MR) is 40.2 cm³/mol. The Morgan fingerprint density at radius 1 is 1.60 bits per heavy atom. The number of hydrogen-bond donors (Lipinski definition) is 0. The van der Waals surface area contributed by atoms with Gasteiger partial charge in [0, 0.05) is 0 Å². The smallest absolute Gasteiger partial charge is 0.316 e. The SMILES string of the molecule is COC(=O)CSC(=O)CCl. The van der Waals surface area contributed by atoms with Crippen LogP contribution in [0.2, 0.25) is 0 Å². The minimum absolute atomic E-state index is 0.0437. The first kappa shape index (κ1) is 9.78. The van der Waals surface area contributed by atoms with Crippen LogP contribution in [0.4, 0.5) is 0 Å². The summed E-state index contributed by atoms with van der Waals surface area (Å²) in [4.78, 5) is 20.8. The predicted octanol–water partition coefficient (Wildman–Crippen LogP) is 0.658. The van der Waals surface area contributed by atoms with Gasteiger partial charge in [-0.25, -0.2) is 0 Å². The van der Waals surface area contributed by atoms with Gasteiger partial charge in [0.1, 0.15) is 0 Å². The van der Waals surface area contributed by atoms with Crippen molar-refractivity contribution in [2.75, 3.05) is 18.7 Å². The first-order valence-corrected chi connectivity index (χ1v) is 4.01. The van der Waals surface area contributed by atoms with Crippen molar-refractivity contribution in [3.05, 3.63) is 0 Å². The standard InChI is InChI=1S/C5H7ClO3S/c1-9-4(7)3-10-5(8)2-6/h2-3H2,1H3. The lowest BCUT2D eigenvalue weighted by Gasteiger charge is -1.94. The van der Waals surface area contributed by atoms with Crippen molar-refractivity contribution in [3.8, 4) is 0 Å². The first-order chi connectivity index (χ1) is 4.70. The third kappa shape index (κ3) is 4.64. The fourth-order valence-electron chi connectivity index (χ4n) is 0.237. The van der Waals surface area contributed by atoms with E-state index in [0.29, 0.717) is 0 Å². The summed E-state index contributed by atoms with van der Waals surface area (Å²) < 4.78 is 4.29. The molecule has 0 rings (SSSR count). The maximum Gasteiger partial charge on any atom is 0.316 e.